The van der Waals surface area contributed by atoms with Crippen LogP contribution in [0, 0.1) is 6.92 Å². The molecule has 3 heteroatoms. The molecule has 1 aliphatic carbocycles. The van der Waals surface area contributed by atoms with Crippen molar-refractivity contribution < 1.29 is 17.0 Å². The van der Waals surface area contributed by atoms with Crippen LogP contribution in [0.4, 0.5) is 0 Å². The average Bonchev–Trinajstić information content (AvgIpc) is 3.10. The summed E-state index contributed by atoms with van der Waals surface area (Å²) in [6.45, 7) is 16.2. The highest BCUT2D eigenvalue weighted by Gasteiger charge is 2.29. The molecule has 166 valence electrons. The van der Waals surface area contributed by atoms with E-state index in [9.17, 15) is 0 Å². The first-order valence-electron chi connectivity index (χ1n) is 11.3. The number of nitrogens with zero attached hydrogens (tertiary/aromatic N) is 1. The summed E-state index contributed by atoms with van der Waals surface area (Å²) >= 11 is 1.94. The molecule has 0 fully saturated rings. The molecule has 3 aromatic rings. The fraction of sp³-hybridized carbons (Fsp3) is 0.464. The number of hydrogen-bond donors (Lipinski definition) is 0. The Morgan fingerprint density at radius 1 is 0.839 bits per heavy atom. The molecule has 0 spiro atoms. The van der Waals surface area contributed by atoms with Crippen LogP contribution in [0.5, 0.6) is 0 Å². The molecule has 0 saturated heterocycles. The second kappa shape index (κ2) is 8.71. The molecular weight excluding hydrogens is 418 g/mol. The first-order valence-corrected chi connectivity index (χ1v) is 12.2. The number of benzene rings is 2. The fourth-order valence-electron chi connectivity index (χ4n) is 4.47. The van der Waals surface area contributed by atoms with E-state index in [2.05, 4.69) is 94.9 Å². The van der Waals surface area contributed by atoms with Crippen LogP contribution in [0.2, 0.25) is 0 Å². The van der Waals surface area contributed by atoms with E-state index < -0.39 is 0 Å². The molecule has 1 heterocycles. The molecule has 1 aromatic heterocycles. The molecule has 1 aliphatic rings. The fourth-order valence-corrected chi connectivity index (χ4v) is 5.54. The lowest BCUT2D eigenvalue weighted by Crippen LogP contribution is -3.00. The summed E-state index contributed by atoms with van der Waals surface area (Å²) in [4.78, 5) is 1.58. The number of para-hydroxylation sites is 1. The number of fused-ring (bicyclic) bond motifs is 1. The number of halogens is 1. The Morgan fingerprint density at radius 3 is 2.06 bits per heavy atom. The van der Waals surface area contributed by atoms with Crippen molar-refractivity contribution in [3.8, 4) is 16.8 Å². The zero-order chi connectivity index (χ0) is 21.7. The normalized spacial score (nSPS) is 14.2. The molecule has 0 bridgehead atoms. The largest absolute Gasteiger partial charge is 1.00 e. The van der Waals surface area contributed by atoms with E-state index in [4.69, 9.17) is 0 Å². The van der Waals surface area contributed by atoms with Gasteiger partial charge in [-0.25, -0.2) is 0 Å². The molecule has 0 amide bonds. The lowest BCUT2D eigenvalue weighted by Gasteiger charge is -2.26. The molecule has 4 rings (SSSR count). The lowest BCUT2D eigenvalue weighted by atomic mass is 9.78. The molecule has 31 heavy (non-hydrogen) atoms. The van der Waals surface area contributed by atoms with Gasteiger partial charge in [-0.1, -0.05) is 83.2 Å². The van der Waals surface area contributed by atoms with Crippen LogP contribution in [0.3, 0.4) is 0 Å². The molecule has 1 nitrogen and oxygen atoms in total. The van der Waals surface area contributed by atoms with Gasteiger partial charge in [0, 0.05) is 12.0 Å². The molecule has 0 atom stereocenters. The quantitative estimate of drug-likeness (QED) is 0.504. The highest BCUT2D eigenvalue weighted by atomic mass is 35.5. The maximum absolute atomic E-state index is 2.50. The average molecular weight is 454 g/mol. The molecule has 0 unspecified atom stereocenters. The van der Waals surface area contributed by atoms with Crippen LogP contribution in [0.25, 0.3) is 16.8 Å². The summed E-state index contributed by atoms with van der Waals surface area (Å²) < 4.78 is 2.50. The van der Waals surface area contributed by atoms with E-state index >= 15 is 0 Å². The Bertz CT molecular complexity index is 1050. The summed E-state index contributed by atoms with van der Waals surface area (Å²) in [6, 6.07) is 14.1. The van der Waals surface area contributed by atoms with E-state index in [-0.39, 0.29) is 23.2 Å². The summed E-state index contributed by atoms with van der Waals surface area (Å²) in [5.41, 5.74) is 12.3. The second-order valence-corrected chi connectivity index (χ2v) is 11.9. The van der Waals surface area contributed by atoms with E-state index in [0.29, 0.717) is 0 Å². The van der Waals surface area contributed by atoms with Gasteiger partial charge in [0.2, 0.25) is 16.9 Å². The third kappa shape index (κ3) is 4.76. The predicted molar refractivity (Wildman–Crippen MR) is 130 cm³/mol. The number of thiazole rings is 1. The minimum atomic E-state index is 0. The standard InChI is InChI=1S/C28H36NS.ClH/c1-19-11-10-12-23(26(19)29-18-30-25-14-9-8-13-24(25)29)20-15-21(27(2,3)4)17-22(16-20)28(5,6)7;/h10-12,15-18H,8-9,13-14H2,1-7H3;1H/q+1;/p-1. The minimum Gasteiger partial charge on any atom is -1.00 e. The maximum atomic E-state index is 2.50. The van der Waals surface area contributed by atoms with Gasteiger partial charge in [0.1, 0.15) is 0 Å². The smallest absolute Gasteiger partial charge is 0.231 e. The van der Waals surface area contributed by atoms with Crippen LogP contribution in [-0.2, 0) is 23.7 Å². The Balaban J connectivity index is 0.00000272. The number of aryl methyl sites for hydroxylation is 2. The summed E-state index contributed by atoms with van der Waals surface area (Å²) in [5, 5.41) is 0. The Labute approximate surface area is 199 Å². The van der Waals surface area contributed by atoms with Crippen LogP contribution < -0.4 is 17.0 Å². The number of rotatable bonds is 2. The third-order valence-electron chi connectivity index (χ3n) is 6.44. The molecule has 0 radical (unpaired) electrons. The minimum absolute atomic E-state index is 0. The van der Waals surface area contributed by atoms with Gasteiger partial charge in [-0.05, 0) is 59.8 Å². The summed E-state index contributed by atoms with van der Waals surface area (Å²) in [6.07, 6.45) is 5.07. The lowest BCUT2D eigenvalue weighted by molar-refractivity contribution is -0.599. The van der Waals surface area contributed by atoms with Crippen molar-refractivity contribution in [1.29, 1.82) is 0 Å². The molecule has 0 saturated carbocycles. The summed E-state index contributed by atoms with van der Waals surface area (Å²) in [5.74, 6) is 0. The number of aromatic nitrogens is 1. The molecule has 0 N–H and O–H groups in total. The molecule has 0 aliphatic heterocycles. The highest BCUT2D eigenvalue weighted by molar-refractivity contribution is 7.09. The van der Waals surface area contributed by atoms with Gasteiger partial charge in [-0.15, -0.1) is 0 Å². The maximum Gasteiger partial charge on any atom is 0.231 e. The molecule has 2 aromatic carbocycles. The topological polar surface area (TPSA) is 3.88 Å². The monoisotopic (exact) mass is 453 g/mol. The first-order chi connectivity index (χ1) is 14.1. The van der Waals surface area contributed by atoms with Crippen LogP contribution in [0.1, 0.15) is 81.6 Å². The van der Waals surface area contributed by atoms with Crippen molar-refractivity contribution in [2.24, 2.45) is 0 Å². The first kappa shape index (κ1) is 24.0. The van der Waals surface area contributed by atoms with Crippen LogP contribution >= 0.6 is 11.3 Å². The van der Waals surface area contributed by atoms with Crippen molar-refractivity contribution in [1.82, 2.24) is 0 Å². The van der Waals surface area contributed by atoms with Gasteiger partial charge in [0.15, 0.2) is 0 Å². The van der Waals surface area contributed by atoms with Crippen molar-refractivity contribution in [2.75, 3.05) is 0 Å². The Morgan fingerprint density at radius 2 is 1.45 bits per heavy atom. The van der Waals surface area contributed by atoms with Gasteiger partial charge in [-0.3, -0.25) is 0 Å². The zero-order valence-corrected chi connectivity index (χ0v) is 21.7. The highest BCUT2D eigenvalue weighted by Crippen LogP contribution is 2.36. The summed E-state index contributed by atoms with van der Waals surface area (Å²) in [7, 11) is 0. The third-order valence-corrected chi connectivity index (χ3v) is 7.48. The second-order valence-electron chi connectivity index (χ2n) is 10.9. The van der Waals surface area contributed by atoms with Crippen molar-refractivity contribution in [2.45, 2.75) is 85.0 Å². The van der Waals surface area contributed by atoms with E-state index in [1.54, 1.807) is 4.88 Å². The van der Waals surface area contributed by atoms with Gasteiger partial charge < -0.3 is 12.4 Å². The Kier molecular flexibility index (Phi) is 6.75. The van der Waals surface area contributed by atoms with Crippen LogP contribution in [0.15, 0.2) is 41.9 Å². The van der Waals surface area contributed by atoms with Crippen molar-refractivity contribution in [3.05, 3.63) is 69.2 Å². The van der Waals surface area contributed by atoms with Gasteiger partial charge in [-0.2, -0.15) is 4.57 Å². The van der Waals surface area contributed by atoms with Crippen LogP contribution in [-0.4, -0.2) is 0 Å². The van der Waals surface area contributed by atoms with E-state index in [1.165, 1.54) is 64.9 Å². The van der Waals surface area contributed by atoms with Gasteiger partial charge in [0.05, 0.1) is 10.4 Å². The zero-order valence-electron chi connectivity index (χ0n) is 20.1. The number of hydrogen-bond acceptors (Lipinski definition) is 1. The SMILES string of the molecule is Cc1cccc(-c2cc(C(C)(C)C)cc(C(C)(C)C)c2)c1-[n+]1csc2c1CCCC2.[Cl-]. The predicted octanol–water partition coefficient (Wildman–Crippen LogP) is 4.48. The van der Waals surface area contributed by atoms with E-state index in [0.717, 1.165) is 0 Å². The van der Waals surface area contributed by atoms with Gasteiger partial charge >= 0.3 is 0 Å². The molecular formula is C28H36ClNS. The van der Waals surface area contributed by atoms with Gasteiger partial charge in [0.25, 0.3) is 0 Å². The Hall–Kier alpha value is -1.64. The van der Waals surface area contributed by atoms with Crippen molar-refractivity contribution in [3.63, 3.8) is 0 Å². The van der Waals surface area contributed by atoms with Crippen molar-refractivity contribution >= 4 is 11.3 Å². The van der Waals surface area contributed by atoms with E-state index in [1.807, 2.05) is 11.3 Å².